The van der Waals surface area contributed by atoms with Crippen molar-refractivity contribution in [2.24, 2.45) is 5.92 Å². The van der Waals surface area contributed by atoms with Crippen molar-refractivity contribution in [3.63, 3.8) is 0 Å². The molecule has 172 valence electrons. The minimum absolute atomic E-state index is 0. The van der Waals surface area contributed by atoms with Gasteiger partial charge in [0.2, 0.25) is 0 Å². The van der Waals surface area contributed by atoms with Gasteiger partial charge >= 0.3 is 35.7 Å². The van der Waals surface area contributed by atoms with Gasteiger partial charge in [-0.2, -0.15) is 13.2 Å². The van der Waals surface area contributed by atoms with Crippen LogP contribution in [0.15, 0.2) is 60.9 Å². The summed E-state index contributed by atoms with van der Waals surface area (Å²) in [6.07, 6.45) is 2.23. The molecule has 0 bridgehead atoms. The topological polar surface area (TPSA) is 77.9 Å². The summed E-state index contributed by atoms with van der Waals surface area (Å²) in [6, 6.07) is 14.2. The summed E-state index contributed by atoms with van der Waals surface area (Å²) in [5, 5.41) is 13.8. The molecule has 1 saturated carbocycles. The minimum Gasteiger partial charge on any atom is -0.550 e. The standard InChI is InChI=1S/C25H24F3N3O2.Na/c26-25(27,28)23-12-10-21(15-30-23)31-20-9-11-22(29-14-20)19-7-5-18(6-8-19)17-3-1-16(2-4-17)13-24(32)33;/h5-12,14-17,31H,1-4,13H2,(H,32,33);/q;+1/p-1/t16-,17-;. The molecule has 9 heteroatoms. The molecule has 34 heavy (non-hydrogen) atoms. The molecular weight excluding hydrogens is 454 g/mol. The maximum absolute atomic E-state index is 12.6. The average molecular weight is 477 g/mol. The molecule has 0 atom stereocenters. The van der Waals surface area contributed by atoms with Crippen molar-refractivity contribution in [3.8, 4) is 11.3 Å². The molecule has 0 radical (unpaired) electrons. The summed E-state index contributed by atoms with van der Waals surface area (Å²) in [6.45, 7) is 0. The van der Waals surface area contributed by atoms with Crippen molar-refractivity contribution in [2.75, 3.05) is 5.32 Å². The Kier molecular flexibility index (Phi) is 8.73. The van der Waals surface area contributed by atoms with Crippen LogP contribution in [0.2, 0.25) is 0 Å². The maximum Gasteiger partial charge on any atom is 1.00 e. The summed E-state index contributed by atoms with van der Waals surface area (Å²) in [4.78, 5) is 18.7. The Balaban J connectivity index is 0.00000324. The Morgan fingerprint density at radius 1 is 0.912 bits per heavy atom. The molecule has 0 aliphatic heterocycles. The molecular formula is C25H23F3N3NaO2. The van der Waals surface area contributed by atoms with E-state index in [2.05, 4.69) is 27.4 Å². The zero-order chi connectivity index (χ0) is 23.4. The second-order valence-electron chi connectivity index (χ2n) is 8.40. The van der Waals surface area contributed by atoms with Crippen LogP contribution in [0.3, 0.4) is 0 Å². The van der Waals surface area contributed by atoms with Crippen molar-refractivity contribution in [1.82, 2.24) is 9.97 Å². The van der Waals surface area contributed by atoms with Crippen LogP contribution >= 0.6 is 0 Å². The van der Waals surface area contributed by atoms with Crippen LogP contribution in [0.25, 0.3) is 11.3 Å². The fourth-order valence-electron chi connectivity index (χ4n) is 4.30. The molecule has 2 aromatic heterocycles. The van der Waals surface area contributed by atoms with Gasteiger partial charge in [-0.05, 0) is 73.8 Å². The number of carboxylic acid groups (broad SMARTS) is 1. The fraction of sp³-hybridized carbons (Fsp3) is 0.320. The van der Waals surface area contributed by atoms with Gasteiger partial charge in [-0.3, -0.25) is 4.98 Å². The molecule has 0 saturated heterocycles. The number of pyridine rings is 2. The molecule has 1 aliphatic rings. The first-order valence-corrected chi connectivity index (χ1v) is 10.8. The van der Waals surface area contributed by atoms with E-state index in [0.717, 1.165) is 49.2 Å². The van der Waals surface area contributed by atoms with Crippen molar-refractivity contribution in [3.05, 3.63) is 72.2 Å². The smallest absolute Gasteiger partial charge is 0.550 e. The SMILES string of the molecule is O=C([O-])C[C@H]1CC[C@H](c2ccc(-c3ccc(Nc4ccc(C(F)(F)F)nc4)cn3)cc2)CC1.[Na+]. The summed E-state index contributed by atoms with van der Waals surface area (Å²) >= 11 is 0. The molecule has 2 heterocycles. The van der Waals surface area contributed by atoms with Gasteiger partial charge in [0, 0.05) is 11.5 Å². The molecule has 1 aliphatic carbocycles. The van der Waals surface area contributed by atoms with Gasteiger partial charge < -0.3 is 15.2 Å². The molecule has 3 aromatic rings. The zero-order valence-electron chi connectivity index (χ0n) is 18.8. The van der Waals surface area contributed by atoms with Crippen LogP contribution in [-0.4, -0.2) is 15.9 Å². The van der Waals surface area contributed by atoms with Gasteiger partial charge in [-0.1, -0.05) is 24.3 Å². The number of rotatable bonds is 6. The van der Waals surface area contributed by atoms with Gasteiger partial charge in [0.15, 0.2) is 0 Å². The summed E-state index contributed by atoms with van der Waals surface area (Å²) < 4.78 is 37.9. The van der Waals surface area contributed by atoms with Crippen molar-refractivity contribution < 1.29 is 52.6 Å². The Hall–Kier alpha value is -2.42. The number of nitrogens with zero attached hydrogens (tertiary/aromatic N) is 2. The summed E-state index contributed by atoms with van der Waals surface area (Å²) in [5.74, 6) is -0.304. The average Bonchev–Trinajstić information content (AvgIpc) is 2.80. The maximum atomic E-state index is 12.6. The summed E-state index contributed by atoms with van der Waals surface area (Å²) in [7, 11) is 0. The van der Waals surface area contributed by atoms with Gasteiger partial charge in [0.05, 0.1) is 29.5 Å². The van der Waals surface area contributed by atoms with Crippen LogP contribution in [-0.2, 0) is 11.0 Å². The van der Waals surface area contributed by atoms with Crippen LogP contribution in [0.5, 0.6) is 0 Å². The van der Waals surface area contributed by atoms with Gasteiger partial charge in [-0.15, -0.1) is 0 Å². The minimum atomic E-state index is -4.46. The first-order valence-electron chi connectivity index (χ1n) is 10.8. The van der Waals surface area contributed by atoms with E-state index < -0.39 is 17.8 Å². The number of aliphatic carboxylic acids is 1. The van der Waals surface area contributed by atoms with Gasteiger partial charge in [0.1, 0.15) is 5.69 Å². The Morgan fingerprint density at radius 2 is 1.53 bits per heavy atom. The van der Waals surface area contributed by atoms with Crippen molar-refractivity contribution in [1.29, 1.82) is 0 Å². The van der Waals surface area contributed by atoms with E-state index >= 15 is 0 Å². The molecule has 0 spiro atoms. The number of alkyl halides is 3. The number of carbonyl (C=O) groups excluding carboxylic acids is 1. The van der Waals surface area contributed by atoms with Gasteiger partial charge in [-0.25, -0.2) is 4.98 Å². The zero-order valence-corrected chi connectivity index (χ0v) is 20.8. The number of carboxylic acids is 1. The molecule has 4 rings (SSSR count). The second kappa shape index (κ2) is 11.3. The fourth-order valence-corrected chi connectivity index (χ4v) is 4.30. The predicted octanol–water partition coefficient (Wildman–Crippen LogP) is 2.32. The molecule has 0 amide bonds. The van der Waals surface area contributed by atoms with Gasteiger partial charge in [0.25, 0.3) is 0 Å². The first kappa shape index (κ1) is 26.2. The van der Waals surface area contributed by atoms with Crippen LogP contribution in [0, 0.1) is 5.92 Å². The van der Waals surface area contributed by atoms with E-state index in [-0.39, 0.29) is 41.9 Å². The number of hydrogen-bond donors (Lipinski definition) is 1. The normalized spacial score (nSPS) is 18.1. The van der Waals surface area contributed by atoms with Crippen LogP contribution < -0.4 is 40.0 Å². The first-order chi connectivity index (χ1) is 15.8. The molecule has 0 unspecified atom stereocenters. The van der Waals surface area contributed by atoms with Crippen molar-refractivity contribution >= 4 is 17.3 Å². The third-order valence-corrected chi connectivity index (χ3v) is 6.09. The third kappa shape index (κ3) is 6.81. The number of hydrogen-bond acceptors (Lipinski definition) is 5. The number of carbonyl (C=O) groups is 1. The van der Waals surface area contributed by atoms with Crippen molar-refractivity contribution in [2.45, 2.75) is 44.2 Å². The Morgan fingerprint density at radius 3 is 2.03 bits per heavy atom. The molecule has 1 aromatic carbocycles. The van der Waals surface area contributed by atoms with E-state index in [1.165, 1.54) is 11.6 Å². The number of anilines is 2. The predicted molar refractivity (Wildman–Crippen MR) is 117 cm³/mol. The molecule has 5 nitrogen and oxygen atoms in total. The van der Waals surface area contributed by atoms with E-state index in [0.29, 0.717) is 17.3 Å². The van der Waals surface area contributed by atoms with E-state index in [4.69, 9.17) is 0 Å². The number of halogens is 3. The largest absolute Gasteiger partial charge is 1.00 e. The monoisotopic (exact) mass is 477 g/mol. The number of benzene rings is 1. The number of aromatic nitrogens is 2. The quantitative estimate of drug-likeness (QED) is 0.552. The van der Waals surface area contributed by atoms with Crippen LogP contribution in [0.4, 0.5) is 24.5 Å². The van der Waals surface area contributed by atoms with Crippen LogP contribution in [0.1, 0.15) is 49.3 Å². The molecule has 1 fully saturated rings. The Labute approximate surface area is 218 Å². The van der Waals surface area contributed by atoms with E-state index in [9.17, 15) is 23.1 Å². The number of nitrogens with one attached hydrogen (secondary N) is 1. The molecule has 1 N–H and O–H groups in total. The van der Waals surface area contributed by atoms with E-state index in [1.807, 2.05) is 24.3 Å². The Bertz CT molecular complexity index is 1080. The summed E-state index contributed by atoms with van der Waals surface area (Å²) in [5.41, 5.74) is 3.15. The third-order valence-electron chi connectivity index (χ3n) is 6.09. The second-order valence-corrected chi connectivity index (χ2v) is 8.40. The van der Waals surface area contributed by atoms with E-state index in [1.54, 1.807) is 6.20 Å².